The maximum Gasteiger partial charge on any atom is 0.305 e. The predicted molar refractivity (Wildman–Crippen MR) is 160 cm³/mol. The molecule has 1 saturated heterocycles. The van der Waals surface area contributed by atoms with E-state index in [4.69, 9.17) is 24.4 Å². The number of benzene rings is 1. The second-order valence-electron chi connectivity index (χ2n) is 11.2. The maximum atomic E-state index is 11.2. The zero-order valence-electron chi connectivity index (χ0n) is 24.5. The minimum atomic E-state index is -0.142. The number of imidazole rings is 1. The highest BCUT2D eigenvalue weighted by atomic mass is 16.5. The van der Waals surface area contributed by atoms with Crippen molar-refractivity contribution in [3.8, 4) is 5.75 Å². The third-order valence-electron chi connectivity index (χ3n) is 8.21. The number of aromatic nitrogens is 4. The zero-order valence-corrected chi connectivity index (χ0v) is 24.5. The molecule has 1 aliphatic carbocycles. The van der Waals surface area contributed by atoms with Gasteiger partial charge in [-0.15, -0.1) is 0 Å². The number of hydrogen-bond donors (Lipinski definition) is 1. The lowest BCUT2D eigenvalue weighted by atomic mass is 9.94. The lowest BCUT2D eigenvalue weighted by Crippen LogP contribution is -2.34. The molecule has 1 atom stereocenters. The molecule has 0 radical (unpaired) electrons. The van der Waals surface area contributed by atoms with Crippen LogP contribution in [0.2, 0.25) is 0 Å². The lowest BCUT2D eigenvalue weighted by molar-refractivity contribution is -0.140. The average molecular weight is 565 g/mol. The predicted octanol–water partition coefficient (Wildman–Crippen LogP) is 6.54. The highest BCUT2D eigenvalue weighted by molar-refractivity contribution is 5.85. The summed E-state index contributed by atoms with van der Waals surface area (Å²) in [6, 6.07) is 8.37. The normalized spacial score (nSPS) is 17.9. The highest BCUT2D eigenvalue weighted by Gasteiger charge is 2.26. The van der Waals surface area contributed by atoms with Crippen LogP contribution in [0.1, 0.15) is 89.7 Å². The average Bonchev–Trinajstić information content (AvgIpc) is 3.45. The van der Waals surface area contributed by atoms with Crippen LogP contribution in [0.4, 0.5) is 17.5 Å². The van der Waals surface area contributed by atoms with Crippen LogP contribution >= 0.6 is 0 Å². The topological polar surface area (TPSA) is 104 Å². The van der Waals surface area contributed by atoms with E-state index in [0.29, 0.717) is 25.0 Å². The van der Waals surface area contributed by atoms with Crippen molar-refractivity contribution in [3.05, 3.63) is 30.6 Å². The largest absolute Gasteiger partial charge is 0.494 e. The number of anilines is 3. The fourth-order valence-corrected chi connectivity index (χ4v) is 5.78. The molecule has 5 rings (SSSR count). The van der Waals surface area contributed by atoms with Gasteiger partial charge in [-0.3, -0.25) is 9.36 Å². The van der Waals surface area contributed by atoms with Crippen LogP contribution in [0.3, 0.4) is 0 Å². The summed E-state index contributed by atoms with van der Waals surface area (Å²) in [4.78, 5) is 28.2. The number of methoxy groups -OCH3 is 1. The number of carbonyl (C=O) groups is 1. The van der Waals surface area contributed by atoms with Gasteiger partial charge in [-0.25, -0.2) is 4.98 Å². The number of carbonyl (C=O) groups excluding carboxylic acids is 1. The van der Waals surface area contributed by atoms with Crippen LogP contribution in [-0.4, -0.2) is 58.9 Å². The van der Waals surface area contributed by atoms with Crippen molar-refractivity contribution < 1.29 is 19.0 Å². The molecule has 0 amide bonds. The molecule has 1 aliphatic heterocycles. The number of esters is 1. The Morgan fingerprint density at radius 3 is 2.56 bits per heavy atom. The van der Waals surface area contributed by atoms with Gasteiger partial charge in [0.25, 0.3) is 0 Å². The van der Waals surface area contributed by atoms with Crippen LogP contribution in [0.5, 0.6) is 5.75 Å². The van der Waals surface area contributed by atoms with Crippen LogP contribution in [-0.2, 0) is 14.3 Å². The van der Waals surface area contributed by atoms with E-state index >= 15 is 0 Å². The molecule has 2 aromatic heterocycles. The number of rotatable bonds is 13. The molecule has 1 saturated carbocycles. The van der Waals surface area contributed by atoms with Crippen LogP contribution in [0.15, 0.2) is 30.6 Å². The molecule has 222 valence electrons. The van der Waals surface area contributed by atoms with Crippen LogP contribution in [0, 0.1) is 0 Å². The molecule has 0 spiro atoms. The minimum absolute atomic E-state index is 0.0476. The molecule has 1 unspecified atom stereocenters. The molecule has 10 heteroatoms. The van der Waals surface area contributed by atoms with Gasteiger partial charge in [0.05, 0.1) is 20.0 Å². The second-order valence-corrected chi connectivity index (χ2v) is 11.2. The Morgan fingerprint density at radius 2 is 1.80 bits per heavy atom. The fraction of sp³-hybridized carbons (Fsp3) is 0.613. The van der Waals surface area contributed by atoms with Crippen LogP contribution < -0.4 is 15.0 Å². The van der Waals surface area contributed by atoms with Gasteiger partial charge in [-0.05, 0) is 69.2 Å². The lowest BCUT2D eigenvalue weighted by Gasteiger charge is -2.32. The van der Waals surface area contributed by atoms with Gasteiger partial charge in [0, 0.05) is 31.8 Å². The summed E-state index contributed by atoms with van der Waals surface area (Å²) in [5, 5.41) is 3.42. The molecule has 41 heavy (non-hydrogen) atoms. The van der Waals surface area contributed by atoms with Crippen molar-refractivity contribution in [1.82, 2.24) is 19.5 Å². The molecule has 2 aliphatic rings. The van der Waals surface area contributed by atoms with Gasteiger partial charge in [0.2, 0.25) is 5.95 Å². The first-order valence-electron chi connectivity index (χ1n) is 15.3. The Kier molecular flexibility index (Phi) is 10.3. The number of hydrogen-bond acceptors (Lipinski definition) is 9. The molecule has 1 N–H and O–H groups in total. The summed E-state index contributed by atoms with van der Waals surface area (Å²) >= 11 is 0. The Balaban J connectivity index is 1.26. The van der Waals surface area contributed by atoms with Crippen LogP contribution in [0.25, 0.3) is 11.2 Å². The zero-order chi connectivity index (χ0) is 28.4. The number of nitrogens with one attached hydrogen (secondary N) is 1. The van der Waals surface area contributed by atoms with E-state index < -0.39 is 0 Å². The SMILES string of the molecule is COC(=O)CCCCCCOc1ccc(Nc2nc(N(C)C3CCCCC3)c3ncn(C4CCCCO4)c3n2)cc1. The second kappa shape index (κ2) is 14.5. The maximum absolute atomic E-state index is 11.2. The van der Waals surface area contributed by atoms with Gasteiger partial charge in [0.1, 0.15) is 12.0 Å². The van der Waals surface area contributed by atoms with Gasteiger partial charge in [0.15, 0.2) is 17.0 Å². The molecular formula is C31H44N6O4. The Bertz CT molecular complexity index is 1250. The van der Waals surface area contributed by atoms with Crippen molar-refractivity contribution >= 4 is 34.6 Å². The molecule has 3 heterocycles. The van der Waals surface area contributed by atoms with E-state index in [9.17, 15) is 4.79 Å². The molecule has 0 bridgehead atoms. The Labute approximate surface area is 242 Å². The number of unbranched alkanes of at least 4 members (excludes halogenated alkanes) is 3. The van der Waals surface area contributed by atoms with Crippen molar-refractivity contribution in [2.75, 3.05) is 37.6 Å². The standard InChI is InChI=1S/C31H44N6O4/c1-36(24-12-6-5-7-13-24)29-28-30(37(22-32-28)26-14-9-11-21-41-26)35-31(34-29)33-23-16-18-25(19-17-23)40-20-10-4-3-8-15-27(38)39-2/h16-19,22,24,26H,3-15,20-21H2,1-2H3,(H,33,34,35). The molecule has 1 aromatic carbocycles. The van der Waals surface area contributed by atoms with Gasteiger partial charge in [-0.2, -0.15) is 9.97 Å². The monoisotopic (exact) mass is 564 g/mol. The van der Waals surface area contributed by atoms with E-state index in [1.165, 1.54) is 39.2 Å². The van der Waals surface area contributed by atoms with Crippen molar-refractivity contribution in [3.63, 3.8) is 0 Å². The number of ether oxygens (including phenoxy) is 3. The summed E-state index contributed by atoms with van der Waals surface area (Å²) in [5.74, 6) is 2.10. The van der Waals surface area contributed by atoms with E-state index in [2.05, 4.69) is 26.6 Å². The highest BCUT2D eigenvalue weighted by Crippen LogP contribution is 2.33. The molecule has 10 nitrogen and oxygen atoms in total. The smallest absolute Gasteiger partial charge is 0.305 e. The van der Waals surface area contributed by atoms with E-state index in [0.717, 1.165) is 80.0 Å². The Hall–Kier alpha value is -3.40. The summed E-state index contributed by atoms with van der Waals surface area (Å²) in [5.41, 5.74) is 2.52. The van der Waals surface area contributed by atoms with Gasteiger partial charge >= 0.3 is 5.97 Å². The first kappa shape index (κ1) is 29.1. The first-order chi connectivity index (χ1) is 20.1. The van der Waals surface area contributed by atoms with E-state index in [1.54, 1.807) is 0 Å². The van der Waals surface area contributed by atoms with E-state index in [1.807, 2.05) is 30.6 Å². The number of fused-ring (bicyclic) bond motifs is 1. The van der Waals surface area contributed by atoms with Gasteiger partial charge < -0.3 is 24.4 Å². The third kappa shape index (κ3) is 7.67. The van der Waals surface area contributed by atoms with Crippen molar-refractivity contribution in [1.29, 1.82) is 0 Å². The van der Waals surface area contributed by atoms with Gasteiger partial charge in [-0.1, -0.05) is 32.1 Å². The summed E-state index contributed by atoms with van der Waals surface area (Å²) < 4.78 is 18.8. The van der Waals surface area contributed by atoms with Crippen molar-refractivity contribution in [2.45, 2.75) is 95.7 Å². The van der Waals surface area contributed by atoms with Crippen molar-refractivity contribution in [2.24, 2.45) is 0 Å². The summed E-state index contributed by atoms with van der Waals surface area (Å²) in [6.45, 7) is 1.41. The quantitative estimate of drug-likeness (QED) is 0.183. The molecule has 2 fully saturated rings. The third-order valence-corrected chi connectivity index (χ3v) is 8.21. The number of nitrogens with zero attached hydrogens (tertiary/aromatic N) is 5. The first-order valence-corrected chi connectivity index (χ1v) is 15.3. The Morgan fingerprint density at radius 1 is 1.02 bits per heavy atom. The minimum Gasteiger partial charge on any atom is -0.494 e. The molecular weight excluding hydrogens is 520 g/mol. The summed E-state index contributed by atoms with van der Waals surface area (Å²) in [6.07, 6.45) is 15.5. The fourth-order valence-electron chi connectivity index (χ4n) is 5.78. The summed E-state index contributed by atoms with van der Waals surface area (Å²) in [7, 11) is 3.57. The van der Waals surface area contributed by atoms with E-state index in [-0.39, 0.29) is 12.2 Å². The molecule has 3 aromatic rings.